The topological polar surface area (TPSA) is 88.9 Å². The molecule has 0 aliphatic carbocycles. The van der Waals surface area contributed by atoms with Crippen molar-refractivity contribution in [2.75, 3.05) is 32.8 Å². The van der Waals surface area contributed by atoms with Gasteiger partial charge >= 0.3 is 6.09 Å². The Hall–Kier alpha value is -3.33. The lowest BCUT2D eigenvalue weighted by atomic mass is 10.2. The fourth-order valence-electron chi connectivity index (χ4n) is 4.06. The number of sulfone groups is 1. The highest BCUT2D eigenvalue weighted by Gasteiger charge is 2.26. The first-order chi connectivity index (χ1) is 15.9. The molecule has 0 spiro atoms. The van der Waals surface area contributed by atoms with E-state index < -0.39 is 9.84 Å². The van der Waals surface area contributed by atoms with Crippen molar-refractivity contribution in [2.24, 2.45) is 0 Å². The molecule has 9 heteroatoms. The van der Waals surface area contributed by atoms with E-state index in [2.05, 4.69) is 0 Å². The number of carbonyl (C=O) groups excluding carboxylic acids is 2. The van der Waals surface area contributed by atoms with Gasteiger partial charge in [-0.1, -0.05) is 48.5 Å². The van der Waals surface area contributed by atoms with Crippen molar-refractivity contribution < 1.29 is 22.7 Å². The predicted molar refractivity (Wildman–Crippen MR) is 124 cm³/mol. The number of rotatable bonds is 6. The summed E-state index contributed by atoms with van der Waals surface area (Å²) in [5, 5.41) is 0.605. The average Bonchev–Trinajstić information content (AvgIpc) is 3.19. The second-order valence-corrected chi connectivity index (χ2v) is 9.91. The molecule has 0 saturated carbocycles. The zero-order chi connectivity index (χ0) is 23.4. The van der Waals surface area contributed by atoms with E-state index in [0.717, 1.165) is 0 Å². The molecule has 8 nitrogen and oxygen atoms in total. The maximum absolute atomic E-state index is 13.2. The highest BCUT2D eigenvalue weighted by molar-refractivity contribution is 7.90. The van der Waals surface area contributed by atoms with E-state index >= 15 is 0 Å². The van der Waals surface area contributed by atoms with Crippen LogP contribution in [0.15, 0.2) is 65.7 Å². The van der Waals surface area contributed by atoms with Gasteiger partial charge in [-0.15, -0.1) is 0 Å². The van der Waals surface area contributed by atoms with Crippen molar-refractivity contribution >= 4 is 32.7 Å². The van der Waals surface area contributed by atoms with Crippen molar-refractivity contribution in [1.82, 2.24) is 14.4 Å². The minimum Gasteiger partial charge on any atom is -0.450 e. The van der Waals surface area contributed by atoms with Crippen LogP contribution in [0.25, 0.3) is 10.9 Å². The van der Waals surface area contributed by atoms with E-state index in [0.29, 0.717) is 49.3 Å². The molecular formula is C24H27N3O5S. The summed E-state index contributed by atoms with van der Waals surface area (Å²) in [6, 6.07) is 16.3. The predicted octanol–water partition coefficient (Wildman–Crippen LogP) is 2.92. The van der Waals surface area contributed by atoms with Crippen molar-refractivity contribution in [3.05, 3.63) is 66.4 Å². The molecule has 174 valence electrons. The number of benzene rings is 2. The van der Waals surface area contributed by atoms with E-state index in [1.807, 2.05) is 30.3 Å². The quantitative estimate of drug-likeness (QED) is 0.554. The number of aromatic nitrogens is 1. The first kappa shape index (κ1) is 22.8. The third-order valence-electron chi connectivity index (χ3n) is 5.75. The third-order valence-corrected chi connectivity index (χ3v) is 7.46. The van der Waals surface area contributed by atoms with Gasteiger partial charge in [-0.05, 0) is 18.6 Å². The van der Waals surface area contributed by atoms with Crippen LogP contribution in [0.1, 0.15) is 12.5 Å². The van der Waals surface area contributed by atoms with Crippen LogP contribution in [0.2, 0.25) is 0 Å². The normalized spacial score (nSPS) is 14.5. The second-order valence-electron chi connectivity index (χ2n) is 7.95. The van der Waals surface area contributed by atoms with Gasteiger partial charge < -0.3 is 19.1 Å². The van der Waals surface area contributed by atoms with Crippen molar-refractivity contribution in [3.63, 3.8) is 0 Å². The Morgan fingerprint density at radius 2 is 1.55 bits per heavy atom. The van der Waals surface area contributed by atoms with Gasteiger partial charge in [-0.25, -0.2) is 13.2 Å². The molecule has 1 aliphatic rings. The summed E-state index contributed by atoms with van der Waals surface area (Å²) < 4.78 is 33.1. The highest BCUT2D eigenvalue weighted by atomic mass is 32.2. The van der Waals surface area contributed by atoms with E-state index in [-0.39, 0.29) is 29.2 Å². The van der Waals surface area contributed by atoms with Gasteiger partial charge in [0.25, 0.3) is 0 Å². The van der Waals surface area contributed by atoms with Crippen LogP contribution in [0.5, 0.6) is 0 Å². The molecule has 2 heterocycles. The number of carbonyl (C=O) groups is 2. The third kappa shape index (κ3) is 5.03. The molecule has 33 heavy (non-hydrogen) atoms. The van der Waals surface area contributed by atoms with Crippen LogP contribution in [-0.4, -0.2) is 67.6 Å². The number of para-hydroxylation sites is 1. The Balaban J connectivity index is 1.52. The second kappa shape index (κ2) is 9.66. The highest BCUT2D eigenvalue weighted by Crippen LogP contribution is 2.28. The minimum absolute atomic E-state index is 0.0285. The lowest BCUT2D eigenvalue weighted by molar-refractivity contribution is -0.133. The van der Waals surface area contributed by atoms with Crippen LogP contribution in [0.4, 0.5) is 4.79 Å². The summed E-state index contributed by atoms with van der Waals surface area (Å²) in [7, 11) is -3.61. The monoisotopic (exact) mass is 469 g/mol. The first-order valence-corrected chi connectivity index (χ1v) is 12.6. The zero-order valence-electron chi connectivity index (χ0n) is 18.5. The molecule has 1 saturated heterocycles. The molecule has 2 amide bonds. The van der Waals surface area contributed by atoms with Gasteiger partial charge in [0.05, 0.1) is 17.3 Å². The Morgan fingerprint density at radius 3 is 2.24 bits per heavy atom. The molecular weight excluding hydrogens is 442 g/mol. The van der Waals surface area contributed by atoms with E-state index in [4.69, 9.17) is 4.74 Å². The van der Waals surface area contributed by atoms with Crippen LogP contribution in [-0.2, 0) is 31.7 Å². The summed E-state index contributed by atoms with van der Waals surface area (Å²) in [4.78, 5) is 28.4. The van der Waals surface area contributed by atoms with Gasteiger partial charge in [0.2, 0.25) is 5.91 Å². The zero-order valence-corrected chi connectivity index (χ0v) is 19.3. The summed E-state index contributed by atoms with van der Waals surface area (Å²) in [5.74, 6) is -0.225. The van der Waals surface area contributed by atoms with E-state index in [9.17, 15) is 18.0 Å². The number of nitrogens with zero attached hydrogens (tertiary/aromatic N) is 3. The average molecular weight is 470 g/mol. The Morgan fingerprint density at radius 1 is 0.909 bits per heavy atom. The number of hydrogen-bond acceptors (Lipinski definition) is 5. The molecule has 4 rings (SSSR count). The molecule has 0 radical (unpaired) electrons. The first-order valence-electron chi connectivity index (χ1n) is 10.9. The molecule has 1 fully saturated rings. The lowest BCUT2D eigenvalue weighted by Gasteiger charge is -2.34. The minimum atomic E-state index is -3.61. The van der Waals surface area contributed by atoms with Crippen molar-refractivity contribution in [1.29, 1.82) is 0 Å². The summed E-state index contributed by atoms with van der Waals surface area (Å²) in [5.41, 5.74) is 1.41. The van der Waals surface area contributed by atoms with Crippen LogP contribution in [0.3, 0.4) is 0 Å². The van der Waals surface area contributed by atoms with Crippen LogP contribution in [0, 0.1) is 0 Å². The fourth-order valence-corrected chi connectivity index (χ4v) is 5.64. The van der Waals surface area contributed by atoms with Crippen molar-refractivity contribution in [2.45, 2.75) is 24.1 Å². The molecule has 0 unspecified atom stereocenters. The van der Waals surface area contributed by atoms with Crippen LogP contribution < -0.4 is 0 Å². The van der Waals surface area contributed by atoms with Crippen molar-refractivity contribution in [3.8, 4) is 0 Å². The fraction of sp³-hybridized carbons (Fsp3) is 0.333. The SMILES string of the molecule is CCOC(=O)N1CCN(C(=O)Cn2cc(S(=O)(=O)Cc3ccccc3)c3ccccc32)CC1. The molecule has 1 aromatic heterocycles. The smallest absolute Gasteiger partial charge is 0.409 e. The summed E-state index contributed by atoms with van der Waals surface area (Å²) in [6.45, 7) is 3.75. The maximum atomic E-state index is 13.2. The van der Waals surface area contributed by atoms with Crippen LogP contribution >= 0.6 is 0 Å². The number of ether oxygens (including phenoxy) is 1. The number of hydrogen-bond donors (Lipinski definition) is 0. The number of fused-ring (bicyclic) bond motifs is 1. The number of piperazine rings is 1. The van der Waals surface area contributed by atoms with Gasteiger partial charge in [-0.2, -0.15) is 0 Å². The van der Waals surface area contributed by atoms with Gasteiger partial charge in [0.15, 0.2) is 9.84 Å². The molecule has 0 N–H and O–H groups in total. The molecule has 3 aromatic rings. The maximum Gasteiger partial charge on any atom is 0.409 e. The molecule has 1 aliphatic heterocycles. The van der Waals surface area contributed by atoms with E-state index in [1.165, 1.54) is 0 Å². The standard InChI is InChI=1S/C24H27N3O5S/c1-2-32-24(29)26-14-12-25(13-15-26)23(28)17-27-16-22(20-10-6-7-11-21(20)27)33(30,31)18-19-8-4-3-5-9-19/h3-11,16H,2,12-15,17-18H2,1H3. The molecule has 0 atom stereocenters. The number of amides is 2. The lowest BCUT2D eigenvalue weighted by Crippen LogP contribution is -2.51. The van der Waals surface area contributed by atoms with Gasteiger partial charge in [0.1, 0.15) is 6.54 Å². The van der Waals surface area contributed by atoms with Gasteiger partial charge in [-0.3, -0.25) is 4.79 Å². The molecule has 0 bridgehead atoms. The Labute approximate surface area is 193 Å². The summed E-state index contributed by atoms with van der Waals surface area (Å²) >= 11 is 0. The summed E-state index contributed by atoms with van der Waals surface area (Å²) in [6.07, 6.45) is 1.20. The largest absolute Gasteiger partial charge is 0.450 e. The Kier molecular flexibility index (Phi) is 6.69. The van der Waals surface area contributed by atoms with Gasteiger partial charge in [0, 0.05) is 43.3 Å². The van der Waals surface area contributed by atoms with E-state index in [1.54, 1.807) is 51.8 Å². The Bertz CT molecular complexity index is 1250. The molecule has 2 aromatic carbocycles.